The highest BCUT2D eigenvalue weighted by Gasteiger charge is 2.56. The van der Waals surface area contributed by atoms with E-state index in [1.54, 1.807) is 0 Å². The first kappa shape index (κ1) is 12.4. The summed E-state index contributed by atoms with van der Waals surface area (Å²) in [5, 5.41) is 0. The molecule has 2 bridgehead atoms. The summed E-state index contributed by atoms with van der Waals surface area (Å²) in [5.41, 5.74) is -0.365. The lowest BCUT2D eigenvalue weighted by atomic mass is 9.69. The maximum absolute atomic E-state index is 12.0. The van der Waals surface area contributed by atoms with Gasteiger partial charge in [-0.05, 0) is 33.1 Å². The van der Waals surface area contributed by atoms with Gasteiger partial charge in [-0.1, -0.05) is 6.92 Å². The number of hydrogen-bond donors (Lipinski definition) is 0. The van der Waals surface area contributed by atoms with Gasteiger partial charge in [0.2, 0.25) is 0 Å². The molecule has 0 N–H and O–H groups in total. The van der Waals surface area contributed by atoms with Gasteiger partial charge < -0.3 is 9.47 Å². The van der Waals surface area contributed by atoms with Gasteiger partial charge in [0.05, 0.1) is 17.9 Å². The van der Waals surface area contributed by atoms with Crippen LogP contribution in [0.15, 0.2) is 0 Å². The van der Waals surface area contributed by atoms with Gasteiger partial charge in [-0.25, -0.2) is 0 Å². The van der Waals surface area contributed by atoms with Crippen LogP contribution >= 0.6 is 0 Å². The van der Waals surface area contributed by atoms with Crippen molar-refractivity contribution >= 4 is 11.9 Å². The Kier molecular flexibility index (Phi) is 2.92. The third kappa shape index (κ3) is 2.17. The van der Waals surface area contributed by atoms with E-state index in [2.05, 4.69) is 0 Å². The molecule has 0 amide bonds. The van der Waals surface area contributed by atoms with Gasteiger partial charge in [-0.2, -0.15) is 0 Å². The van der Waals surface area contributed by atoms with Crippen molar-refractivity contribution in [3.8, 4) is 0 Å². The van der Waals surface area contributed by atoms with Gasteiger partial charge in [0.15, 0.2) is 0 Å². The second-order valence-electron chi connectivity index (χ2n) is 5.87. The van der Waals surface area contributed by atoms with Gasteiger partial charge in [0.1, 0.15) is 5.60 Å². The zero-order valence-electron chi connectivity index (χ0n) is 10.9. The van der Waals surface area contributed by atoms with E-state index in [-0.39, 0.29) is 41.4 Å². The first-order valence-corrected chi connectivity index (χ1v) is 6.26. The summed E-state index contributed by atoms with van der Waals surface area (Å²) in [7, 11) is 0. The Bertz CT molecular complexity index is 349. The van der Waals surface area contributed by atoms with Crippen molar-refractivity contribution in [1.82, 2.24) is 0 Å². The largest absolute Gasteiger partial charge is 0.463 e. The average molecular weight is 240 g/mol. The van der Waals surface area contributed by atoms with E-state index in [9.17, 15) is 9.59 Å². The number of carbonyl (C=O) groups excluding carboxylic acids is 2. The SMILES string of the molecule is CC(C)OC(=O)C1C(C)CC2(C)CC1C(=O)O2. The Balaban J connectivity index is 2.17. The number of fused-ring (bicyclic) bond motifs is 2. The van der Waals surface area contributed by atoms with E-state index in [1.165, 1.54) is 0 Å². The Morgan fingerprint density at radius 1 is 1.47 bits per heavy atom. The molecule has 0 aromatic heterocycles. The fraction of sp³-hybridized carbons (Fsp3) is 0.846. The highest BCUT2D eigenvalue weighted by atomic mass is 16.6. The van der Waals surface area contributed by atoms with Gasteiger partial charge in [-0.3, -0.25) is 9.59 Å². The summed E-state index contributed by atoms with van der Waals surface area (Å²) in [4.78, 5) is 23.8. The lowest BCUT2D eigenvalue weighted by Crippen LogP contribution is -2.41. The molecule has 1 aliphatic heterocycles. The molecule has 1 saturated carbocycles. The summed E-state index contributed by atoms with van der Waals surface area (Å²) in [6.45, 7) is 7.59. The van der Waals surface area contributed by atoms with E-state index >= 15 is 0 Å². The third-order valence-corrected chi connectivity index (χ3v) is 3.73. The summed E-state index contributed by atoms with van der Waals surface area (Å²) >= 11 is 0. The van der Waals surface area contributed by atoms with Crippen LogP contribution in [0.1, 0.15) is 40.5 Å². The first-order valence-electron chi connectivity index (χ1n) is 6.26. The molecule has 4 heteroatoms. The number of hydrogen-bond acceptors (Lipinski definition) is 4. The molecule has 1 heterocycles. The molecule has 2 rings (SSSR count). The summed E-state index contributed by atoms with van der Waals surface area (Å²) in [6.07, 6.45) is 1.25. The van der Waals surface area contributed by atoms with Crippen LogP contribution in [-0.4, -0.2) is 23.6 Å². The lowest BCUT2D eigenvalue weighted by molar-refractivity contribution is -0.160. The van der Waals surface area contributed by atoms with Crippen molar-refractivity contribution in [2.75, 3.05) is 0 Å². The zero-order chi connectivity index (χ0) is 12.8. The zero-order valence-corrected chi connectivity index (χ0v) is 10.9. The molecule has 1 aliphatic carbocycles. The Morgan fingerprint density at radius 2 is 2.12 bits per heavy atom. The van der Waals surface area contributed by atoms with Gasteiger partial charge >= 0.3 is 11.9 Å². The summed E-state index contributed by atoms with van der Waals surface area (Å²) in [5.74, 6) is -0.993. The minimum atomic E-state index is -0.365. The molecule has 17 heavy (non-hydrogen) atoms. The van der Waals surface area contributed by atoms with Crippen LogP contribution in [0, 0.1) is 17.8 Å². The topological polar surface area (TPSA) is 52.6 Å². The van der Waals surface area contributed by atoms with Crippen molar-refractivity contribution in [2.24, 2.45) is 17.8 Å². The standard InChI is InChI=1S/C13H20O4/c1-7(2)16-12(15)10-8(3)5-13(4)6-9(10)11(14)17-13/h7-10H,5-6H2,1-4H3. The normalized spacial score (nSPS) is 40.3. The number of rotatable bonds is 2. The van der Waals surface area contributed by atoms with Crippen LogP contribution in [0.25, 0.3) is 0 Å². The molecule has 0 radical (unpaired) electrons. The Labute approximate surface area is 102 Å². The van der Waals surface area contributed by atoms with Gasteiger partial charge in [-0.15, -0.1) is 0 Å². The van der Waals surface area contributed by atoms with Crippen molar-refractivity contribution in [3.05, 3.63) is 0 Å². The highest BCUT2D eigenvalue weighted by molar-refractivity contribution is 5.84. The Hall–Kier alpha value is -1.06. The molecule has 4 atom stereocenters. The average Bonchev–Trinajstić information content (AvgIpc) is 2.35. The van der Waals surface area contributed by atoms with Crippen LogP contribution < -0.4 is 0 Å². The fourth-order valence-electron chi connectivity index (χ4n) is 3.22. The summed E-state index contributed by atoms with van der Waals surface area (Å²) in [6, 6.07) is 0. The van der Waals surface area contributed by atoms with Crippen LogP contribution in [-0.2, 0) is 19.1 Å². The molecule has 0 aromatic carbocycles. The first-order chi connectivity index (χ1) is 7.82. The minimum absolute atomic E-state index is 0.136. The minimum Gasteiger partial charge on any atom is -0.463 e. The Morgan fingerprint density at radius 3 is 2.71 bits per heavy atom. The molecule has 96 valence electrons. The van der Waals surface area contributed by atoms with Crippen molar-refractivity contribution in [3.63, 3.8) is 0 Å². The molecule has 1 saturated heterocycles. The predicted octanol–water partition coefficient (Wildman–Crippen LogP) is 1.92. The van der Waals surface area contributed by atoms with E-state index in [0.717, 1.165) is 6.42 Å². The van der Waals surface area contributed by atoms with Crippen LogP contribution in [0.2, 0.25) is 0 Å². The van der Waals surface area contributed by atoms with Crippen LogP contribution in [0.5, 0.6) is 0 Å². The highest BCUT2D eigenvalue weighted by Crippen LogP contribution is 2.48. The molecular formula is C13H20O4. The molecule has 0 spiro atoms. The maximum atomic E-state index is 12.0. The monoisotopic (exact) mass is 240 g/mol. The van der Waals surface area contributed by atoms with Crippen molar-refractivity contribution in [2.45, 2.75) is 52.2 Å². The molecular weight excluding hydrogens is 220 g/mol. The number of ether oxygens (including phenoxy) is 2. The van der Waals surface area contributed by atoms with Crippen molar-refractivity contribution < 1.29 is 19.1 Å². The smallest absolute Gasteiger partial charge is 0.310 e. The van der Waals surface area contributed by atoms with E-state index in [1.807, 2.05) is 27.7 Å². The maximum Gasteiger partial charge on any atom is 0.310 e. The number of carbonyl (C=O) groups is 2. The molecule has 4 nitrogen and oxygen atoms in total. The van der Waals surface area contributed by atoms with Gasteiger partial charge in [0, 0.05) is 6.42 Å². The second-order valence-corrected chi connectivity index (χ2v) is 5.87. The molecule has 2 aliphatic rings. The lowest BCUT2D eigenvalue weighted by Gasteiger charge is -2.35. The third-order valence-electron chi connectivity index (χ3n) is 3.73. The molecule has 0 aromatic rings. The quantitative estimate of drug-likeness (QED) is 0.692. The van der Waals surface area contributed by atoms with Gasteiger partial charge in [0.25, 0.3) is 0 Å². The number of esters is 2. The van der Waals surface area contributed by atoms with Crippen LogP contribution in [0.4, 0.5) is 0 Å². The van der Waals surface area contributed by atoms with E-state index in [0.29, 0.717) is 6.42 Å². The predicted molar refractivity (Wildman–Crippen MR) is 61.1 cm³/mol. The second kappa shape index (κ2) is 4.00. The van der Waals surface area contributed by atoms with E-state index in [4.69, 9.17) is 9.47 Å². The fourth-order valence-corrected chi connectivity index (χ4v) is 3.22. The van der Waals surface area contributed by atoms with E-state index < -0.39 is 0 Å². The molecule has 4 unspecified atom stereocenters. The van der Waals surface area contributed by atoms with Crippen LogP contribution in [0.3, 0.4) is 0 Å². The van der Waals surface area contributed by atoms with Crippen molar-refractivity contribution in [1.29, 1.82) is 0 Å². The molecule has 2 fully saturated rings. The summed E-state index contributed by atoms with van der Waals surface area (Å²) < 4.78 is 10.6.